The molecule has 1 saturated carbocycles. The third kappa shape index (κ3) is 1.63. The van der Waals surface area contributed by atoms with Crippen LogP contribution in [0.5, 0.6) is 0 Å². The molecule has 1 aromatic carbocycles. The summed E-state index contributed by atoms with van der Waals surface area (Å²) in [6.45, 7) is 2.26. The van der Waals surface area contributed by atoms with Gasteiger partial charge in [0.05, 0.1) is 0 Å². The van der Waals surface area contributed by atoms with Crippen LogP contribution in [0.3, 0.4) is 0 Å². The molecule has 3 rings (SSSR count). The fraction of sp³-hybridized carbons (Fsp3) is 0.538. The average Bonchev–Trinajstić information content (AvgIpc) is 2.98. The van der Waals surface area contributed by atoms with Gasteiger partial charge in [-0.1, -0.05) is 0 Å². The van der Waals surface area contributed by atoms with Crippen molar-refractivity contribution in [2.45, 2.75) is 31.7 Å². The summed E-state index contributed by atoms with van der Waals surface area (Å²) in [6.07, 6.45) is 3.94. The zero-order valence-corrected chi connectivity index (χ0v) is 9.29. The summed E-state index contributed by atoms with van der Waals surface area (Å²) in [6, 6.07) is 4.37. The lowest BCUT2D eigenvalue weighted by Crippen LogP contribution is -2.27. The molecule has 1 aliphatic carbocycles. The van der Waals surface area contributed by atoms with E-state index < -0.39 is 0 Å². The molecule has 0 amide bonds. The minimum atomic E-state index is 0.825. The average molecular weight is 202 g/mol. The van der Waals surface area contributed by atoms with Crippen LogP contribution in [0.2, 0.25) is 0 Å². The van der Waals surface area contributed by atoms with Gasteiger partial charge in [-0.2, -0.15) is 0 Å². The third-order valence-electron chi connectivity index (χ3n) is 3.60. The summed E-state index contributed by atoms with van der Waals surface area (Å²) in [5.41, 5.74) is 11.5. The number of nitrogens with two attached hydrogens (primary N) is 1. The van der Waals surface area contributed by atoms with E-state index in [1.165, 1.54) is 31.4 Å². The van der Waals surface area contributed by atoms with Gasteiger partial charge >= 0.3 is 0 Å². The number of benzene rings is 1. The number of nitrogens with zero attached hydrogens (tertiary/aromatic N) is 1. The van der Waals surface area contributed by atoms with E-state index >= 15 is 0 Å². The van der Waals surface area contributed by atoms with E-state index in [2.05, 4.69) is 24.1 Å². The van der Waals surface area contributed by atoms with Crippen molar-refractivity contribution in [3.63, 3.8) is 0 Å². The smallest absolute Gasteiger partial charge is 0.0320 e. The standard InChI is InChI=1S/C13H18N2/c1-15-5-4-12-10(8-15)6-11(14)7-13(12)9-2-3-9/h6-7,9H,2-5,8,14H2,1H3. The van der Waals surface area contributed by atoms with E-state index in [1.54, 1.807) is 11.1 Å². The maximum atomic E-state index is 5.98. The molecule has 2 N–H and O–H groups in total. The fourth-order valence-corrected chi connectivity index (χ4v) is 2.66. The molecule has 1 aromatic rings. The number of anilines is 1. The molecular formula is C13H18N2. The Balaban J connectivity index is 2.07. The summed E-state index contributed by atoms with van der Waals surface area (Å²) >= 11 is 0. The Hall–Kier alpha value is -1.02. The SMILES string of the molecule is CN1CCc2c(cc(N)cc2C2CC2)C1. The molecule has 0 saturated heterocycles. The minimum Gasteiger partial charge on any atom is -0.399 e. The van der Waals surface area contributed by atoms with Gasteiger partial charge in [0.15, 0.2) is 0 Å². The number of likely N-dealkylation sites (N-methyl/N-ethyl adjacent to an activating group) is 1. The first-order chi connectivity index (χ1) is 7.24. The minimum absolute atomic E-state index is 0.825. The van der Waals surface area contributed by atoms with Crippen molar-refractivity contribution in [2.24, 2.45) is 0 Å². The summed E-state index contributed by atoms with van der Waals surface area (Å²) < 4.78 is 0. The monoisotopic (exact) mass is 202 g/mol. The first kappa shape index (κ1) is 9.22. The molecule has 0 bridgehead atoms. The van der Waals surface area contributed by atoms with Gasteiger partial charge in [0, 0.05) is 18.8 Å². The molecule has 1 heterocycles. The van der Waals surface area contributed by atoms with Crippen molar-refractivity contribution in [1.82, 2.24) is 4.90 Å². The second-order valence-electron chi connectivity index (χ2n) is 5.01. The Labute approximate surface area is 91.1 Å². The van der Waals surface area contributed by atoms with E-state index in [4.69, 9.17) is 5.73 Å². The lowest BCUT2D eigenvalue weighted by atomic mass is 9.91. The van der Waals surface area contributed by atoms with Crippen LogP contribution in [0.1, 0.15) is 35.4 Å². The van der Waals surface area contributed by atoms with Crippen LogP contribution in [0.4, 0.5) is 5.69 Å². The zero-order chi connectivity index (χ0) is 10.4. The molecule has 2 nitrogen and oxygen atoms in total. The van der Waals surface area contributed by atoms with E-state index in [-0.39, 0.29) is 0 Å². The highest BCUT2D eigenvalue weighted by atomic mass is 15.1. The van der Waals surface area contributed by atoms with E-state index in [1.807, 2.05) is 0 Å². The van der Waals surface area contributed by atoms with Crippen LogP contribution in [0.15, 0.2) is 12.1 Å². The van der Waals surface area contributed by atoms with Crippen molar-refractivity contribution >= 4 is 5.69 Å². The molecule has 0 aromatic heterocycles. The molecule has 80 valence electrons. The first-order valence-electron chi connectivity index (χ1n) is 5.84. The van der Waals surface area contributed by atoms with Gasteiger partial charge in [-0.3, -0.25) is 0 Å². The number of hydrogen-bond donors (Lipinski definition) is 1. The normalized spacial score (nSPS) is 21.4. The van der Waals surface area contributed by atoms with Crippen LogP contribution in [0.25, 0.3) is 0 Å². The first-order valence-corrected chi connectivity index (χ1v) is 5.84. The number of fused-ring (bicyclic) bond motifs is 1. The van der Waals surface area contributed by atoms with Crippen molar-refractivity contribution in [3.8, 4) is 0 Å². The summed E-state index contributed by atoms with van der Waals surface area (Å²) in [7, 11) is 2.18. The molecule has 0 unspecified atom stereocenters. The molecule has 0 spiro atoms. The van der Waals surface area contributed by atoms with Crippen molar-refractivity contribution in [1.29, 1.82) is 0 Å². The topological polar surface area (TPSA) is 29.3 Å². The number of nitrogen functional groups attached to an aromatic ring is 1. The van der Waals surface area contributed by atoms with Gasteiger partial charge in [0.2, 0.25) is 0 Å². The predicted molar refractivity (Wildman–Crippen MR) is 62.9 cm³/mol. The van der Waals surface area contributed by atoms with E-state index in [9.17, 15) is 0 Å². The lowest BCUT2D eigenvalue weighted by molar-refractivity contribution is 0.312. The summed E-state index contributed by atoms with van der Waals surface area (Å²) in [5, 5.41) is 0. The molecule has 1 aliphatic heterocycles. The van der Waals surface area contributed by atoms with Crippen LogP contribution < -0.4 is 5.73 Å². The van der Waals surface area contributed by atoms with Crippen LogP contribution in [0, 0.1) is 0 Å². The van der Waals surface area contributed by atoms with E-state index in [0.717, 1.165) is 18.2 Å². The Morgan fingerprint density at radius 2 is 2.13 bits per heavy atom. The summed E-state index contributed by atoms with van der Waals surface area (Å²) in [4.78, 5) is 2.37. The van der Waals surface area contributed by atoms with Crippen molar-refractivity contribution in [3.05, 3.63) is 28.8 Å². The van der Waals surface area contributed by atoms with Gasteiger partial charge in [0.1, 0.15) is 0 Å². The highest BCUT2D eigenvalue weighted by Gasteiger charge is 2.28. The van der Waals surface area contributed by atoms with Gasteiger partial charge < -0.3 is 10.6 Å². The lowest BCUT2D eigenvalue weighted by Gasteiger charge is -2.27. The van der Waals surface area contributed by atoms with Crippen LogP contribution in [-0.4, -0.2) is 18.5 Å². The molecule has 1 fully saturated rings. The summed E-state index contributed by atoms with van der Waals surface area (Å²) in [5.74, 6) is 0.825. The second kappa shape index (κ2) is 3.24. The van der Waals surface area contributed by atoms with E-state index in [0.29, 0.717) is 0 Å². The molecule has 2 aliphatic rings. The van der Waals surface area contributed by atoms with Gasteiger partial charge in [-0.15, -0.1) is 0 Å². The van der Waals surface area contributed by atoms with Crippen molar-refractivity contribution < 1.29 is 0 Å². The Kier molecular flexibility index (Phi) is 1.99. The largest absolute Gasteiger partial charge is 0.399 e. The Morgan fingerprint density at radius 1 is 1.33 bits per heavy atom. The zero-order valence-electron chi connectivity index (χ0n) is 9.29. The van der Waals surface area contributed by atoms with Gasteiger partial charge in [-0.05, 0) is 61.1 Å². The predicted octanol–water partition coefficient (Wildman–Crippen LogP) is 2.13. The molecular weight excluding hydrogens is 184 g/mol. The highest BCUT2D eigenvalue weighted by Crippen LogP contribution is 2.44. The number of hydrogen-bond acceptors (Lipinski definition) is 2. The molecule has 0 radical (unpaired) electrons. The maximum Gasteiger partial charge on any atom is 0.0320 e. The molecule has 15 heavy (non-hydrogen) atoms. The molecule has 2 heteroatoms. The van der Waals surface area contributed by atoms with Crippen LogP contribution in [-0.2, 0) is 13.0 Å². The second-order valence-corrected chi connectivity index (χ2v) is 5.01. The van der Waals surface area contributed by atoms with Gasteiger partial charge in [0.25, 0.3) is 0 Å². The molecule has 0 atom stereocenters. The quantitative estimate of drug-likeness (QED) is 0.707. The third-order valence-corrected chi connectivity index (χ3v) is 3.60. The Bertz CT molecular complexity index is 394. The number of rotatable bonds is 1. The maximum absolute atomic E-state index is 5.98. The highest BCUT2D eigenvalue weighted by molar-refractivity contribution is 5.52. The van der Waals surface area contributed by atoms with Crippen LogP contribution >= 0.6 is 0 Å². The fourth-order valence-electron chi connectivity index (χ4n) is 2.66. The Morgan fingerprint density at radius 3 is 2.87 bits per heavy atom. The van der Waals surface area contributed by atoms with Crippen molar-refractivity contribution in [2.75, 3.05) is 19.3 Å². The van der Waals surface area contributed by atoms with Gasteiger partial charge in [-0.25, -0.2) is 0 Å².